The molecular formula is C7H7N3S. The van der Waals surface area contributed by atoms with Crippen LogP contribution in [0.25, 0.3) is 0 Å². The van der Waals surface area contributed by atoms with Crippen molar-refractivity contribution >= 4 is 11.8 Å². The number of thioether (sulfide) groups is 1. The van der Waals surface area contributed by atoms with Crippen LogP contribution in [0.4, 0.5) is 0 Å². The Bertz CT molecular complexity index is 334. The lowest BCUT2D eigenvalue weighted by atomic mass is 10.2. The molecular weight excluding hydrogens is 158 g/mol. The van der Waals surface area contributed by atoms with E-state index in [4.69, 9.17) is 5.26 Å². The average Bonchev–Trinajstić information content (AvgIpc) is 2.46. The van der Waals surface area contributed by atoms with Gasteiger partial charge in [-0.25, -0.2) is 0 Å². The molecule has 2 rings (SSSR count). The van der Waals surface area contributed by atoms with Gasteiger partial charge in [-0.15, -0.1) is 0 Å². The van der Waals surface area contributed by atoms with Crippen LogP contribution in [-0.4, -0.2) is 9.78 Å². The predicted octanol–water partition coefficient (Wildman–Crippen LogP) is 1.04. The molecule has 3 nitrogen and oxygen atoms in total. The van der Waals surface area contributed by atoms with E-state index in [-0.39, 0.29) is 0 Å². The molecule has 0 bridgehead atoms. The van der Waals surface area contributed by atoms with E-state index in [2.05, 4.69) is 11.2 Å². The molecule has 0 atom stereocenters. The van der Waals surface area contributed by atoms with E-state index in [1.54, 1.807) is 4.68 Å². The minimum absolute atomic E-state index is 0.727. The van der Waals surface area contributed by atoms with Crippen molar-refractivity contribution in [2.45, 2.75) is 11.5 Å². The van der Waals surface area contributed by atoms with Crippen molar-refractivity contribution in [2.75, 3.05) is 0 Å². The van der Waals surface area contributed by atoms with E-state index >= 15 is 0 Å². The Kier molecular flexibility index (Phi) is 1.40. The molecule has 0 fully saturated rings. The molecule has 1 aliphatic rings. The molecule has 0 spiro atoms. The molecule has 56 valence electrons. The van der Waals surface area contributed by atoms with Gasteiger partial charge in [-0.2, -0.15) is 22.1 Å². The first kappa shape index (κ1) is 6.74. The molecule has 0 saturated heterocycles. The predicted molar refractivity (Wildman–Crippen MR) is 42.9 cm³/mol. The van der Waals surface area contributed by atoms with E-state index < -0.39 is 0 Å². The highest BCUT2D eigenvalue weighted by molar-refractivity contribution is 7.98. The van der Waals surface area contributed by atoms with Gasteiger partial charge in [0.15, 0.2) is 0 Å². The third-order valence-electron chi connectivity index (χ3n) is 1.82. The number of aromatic nitrogens is 2. The second kappa shape index (κ2) is 2.28. The monoisotopic (exact) mass is 165 g/mol. The number of rotatable bonds is 0. The molecule has 0 saturated carbocycles. The Morgan fingerprint density at radius 3 is 3.18 bits per heavy atom. The fourth-order valence-electron chi connectivity index (χ4n) is 1.28. The Hall–Kier alpha value is -0.950. The van der Waals surface area contributed by atoms with E-state index in [0.29, 0.717) is 0 Å². The molecule has 2 heterocycles. The van der Waals surface area contributed by atoms with Gasteiger partial charge in [0.2, 0.25) is 0 Å². The Balaban J connectivity index is 2.63. The van der Waals surface area contributed by atoms with Crippen LogP contribution in [0.15, 0.2) is 0 Å². The molecule has 1 aliphatic heterocycles. The highest BCUT2D eigenvalue weighted by Gasteiger charge is 2.20. The standard InChI is InChI=1S/C7H7N3S/c1-10-7(2-8)5-3-11-4-6(5)9-10/h3-4H2,1H3. The number of aryl methyl sites for hydroxylation is 1. The van der Waals surface area contributed by atoms with Gasteiger partial charge in [-0.3, -0.25) is 4.68 Å². The molecule has 0 aromatic carbocycles. The van der Waals surface area contributed by atoms with Crippen molar-refractivity contribution in [2.24, 2.45) is 7.05 Å². The molecule has 0 aliphatic carbocycles. The molecule has 0 unspecified atom stereocenters. The van der Waals surface area contributed by atoms with E-state index in [0.717, 1.165) is 28.5 Å². The zero-order valence-electron chi connectivity index (χ0n) is 6.16. The first-order valence-corrected chi connectivity index (χ1v) is 4.51. The summed E-state index contributed by atoms with van der Waals surface area (Å²) in [4.78, 5) is 0. The molecule has 1 aromatic heterocycles. The van der Waals surface area contributed by atoms with Crippen LogP contribution >= 0.6 is 11.8 Å². The van der Waals surface area contributed by atoms with E-state index in [9.17, 15) is 0 Å². The lowest BCUT2D eigenvalue weighted by Crippen LogP contribution is -1.95. The maximum atomic E-state index is 8.75. The molecule has 1 aromatic rings. The summed E-state index contributed by atoms with van der Waals surface area (Å²) in [7, 11) is 1.82. The number of nitriles is 1. The normalized spacial score (nSPS) is 14.5. The zero-order chi connectivity index (χ0) is 7.84. The lowest BCUT2D eigenvalue weighted by Gasteiger charge is -1.91. The quantitative estimate of drug-likeness (QED) is 0.576. The van der Waals surface area contributed by atoms with Gasteiger partial charge in [-0.1, -0.05) is 0 Å². The van der Waals surface area contributed by atoms with Crippen molar-refractivity contribution in [1.29, 1.82) is 5.26 Å². The summed E-state index contributed by atoms with van der Waals surface area (Å²) in [6.45, 7) is 0. The Labute approximate surface area is 69.0 Å². The van der Waals surface area contributed by atoms with Crippen molar-refractivity contribution in [3.05, 3.63) is 17.0 Å². The smallest absolute Gasteiger partial charge is 0.142 e. The van der Waals surface area contributed by atoms with Crippen LogP contribution in [-0.2, 0) is 18.6 Å². The van der Waals surface area contributed by atoms with Gasteiger partial charge in [0, 0.05) is 24.1 Å². The second-order valence-electron chi connectivity index (χ2n) is 2.50. The minimum atomic E-state index is 0.727. The van der Waals surface area contributed by atoms with Crippen LogP contribution in [0.5, 0.6) is 0 Å². The maximum absolute atomic E-state index is 8.75. The van der Waals surface area contributed by atoms with Crippen molar-refractivity contribution in [1.82, 2.24) is 9.78 Å². The summed E-state index contributed by atoms with van der Waals surface area (Å²) >= 11 is 1.82. The van der Waals surface area contributed by atoms with Crippen molar-refractivity contribution in [3.63, 3.8) is 0 Å². The first-order valence-electron chi connectivity index (χ1n) is 3.35. The van der Waals surface area contributed by atoms with Gasteiger partial charge in [0.1, 0.15) is 11.8 Å². The molecule has 4 heteroatoms. The summed E-state index contributed by atoms with van der Waals surface area (Å²) < 4.78 is 1.67. The number of hydrogen-bond acceptors (Lipinski definition) is 3. The van der Waals surface area contributed by atoms with E-state index in [1.807, 2.05) is 18.8 Å². The highest BCUT2D eigenvalue weighted by Crippen LogP contribution is 2.30. The third kappa shape index (κ3) is 0.847. The SMILES string of the molecule is Cn1nc2c(c1C#N)CSC2. The molecule has 0 radical (unpaired) electrons. The number of hydrogen-bond donors (Lipinski definition) is 0. The van der Waals surface area contributed by atoms with Gasteiger partial charge in [0.05, 0.1) is 5.69 Å². The first-order chi connectivity index (χ1) is 5.33. The maximum Gasteiger partial charge on any atom is 0.142 e. The Morgan fingerprint density at radius 2 is 2.45 bits per heavy atom. The van der Waals surface area contributed by atoms with Crippen LogP contribution < -0.4 is 0 Å². The van der Waals surface area contributed by atoms with Gasteiger partial charge in [-0.05, 0) is 0 Å². The Morgan fingerprint density at radius 1 is 1.64 bits per heavy atom. The highest BCUT2D eigenvalue weighted by atomic mass is 32.2. The van der Waals surface area contributed by atoms with Crippen LogP contribution in [0.1, 0.15) is 17.0 Å². The summed E-state index contributed by atoms with van der Waals surface area (Å²) in [6.07, 6.45) is 0. The number of nitrogens with zero attached hydrogens (tertiary/aromatic N) is 3. The molecule has 0 amide bonds. The third-order valence-corrected chi connectivity index (χ3v) is 2.79. The summed E-state index contributed by atoms with van der Waals surface area (Å²) in [6, 6.07) is 2.16. The fraction of sp³-hybridized carbons (Fsp3) is 0.429. The topological polar surface area (TPSA) is 41.6 Å². The summed E-state index contributed by atoms with van der Waals surface area (Å²) in [5.41, 5.74) is 2.96. The van der Waals surface area contributed by atoms with Crippen molar-refractivity contribution < 1.29 is 0 Å². The van der Waals surface area contributed by atoms with Crippen LogP contribution in [0.2, 0.25) is 0 Å². The van der Waals surface area contributed by atoms with E-state index in [1.165, 1.54) is 0 Å². The van der Waals surface area contributed by atoms with Gasteiger partial charge in [0.25, 0.3) is 0 Å². The largest absolute Gasteiger partial charge is 0.257 e. The summed E-state index contributed by atoms with van der Waals surface area (Å²) in [5, 5.41) is 13.0. The minimum Gasteiger partial charge on any atom is -0.257 e. The lowest BCUT2D eigenvalue weighted by molar-refractivity contribution is 0.743. The zero-order valence-corrected chi connectivity index (χ0v) is 6.98. The average molecular weight is 165 g/mol. The summed E-state index contributed by atoms with van der Waals surface area (Å²) in [5.74, 6) is 1.91. The molecule has 11 heavy (non-hydrogen) atoms. The van der Waals surface area contributed by atoms with Crippen LogP contribution in [0, 0.1) is 11.3 Å². The second-order valence-corrected chi connectivity index (χ2v) is 3.49. The van der Waals surface area contributed by atoms with Crippen LogP contribution in [0.3, 0.4) is 0 Å². The fourth-order valence-corrected chi connectivity index (χ4v) is 2.32. The molecule has 0 N–H and O–H groups in total. The van der Waals surface area contributed by atoms with Crippen molar-refractivity contribution in [3.8, 4) is 6.07 Å². The van der Waals surface area contributed by atoms with Gasteiger partial charge < -0.3 is 0 Å². The van der Waals surface area contributed by atoms with Gasteiger partial charge >= 0.3 is 0 Å². The number of fused-ring (bicyclic) bond motifs is 1.